The van der Waals surface area contributed by atoms with Crippen LogP contribution in [0.15, 0.2) is 12.1 Å². The van der Waals surface area contributed by atoms with Crippen molar-refractivity contribution in [3.05, 3.63) is 28.4 Å². The molecule has 1 N–H and O–H groups in total. The van der Waals surface area contributed by atoms with Crippen molar-refractivity contribution < 1.29 is 50.3 Å². The molecule has 9 nitrogen and oxygen atoms in total. The molecule has 4 rings (SSSR count). The van der Waals surface area contributed by atoms with Gasteiger partial charge in [-0.15, -0.1) is 0 Å². The maximum Gasteiger partial charge on any atom is 0.402 e. The minimum absolute atomic E-state index is 0.272. The standard InChI is InChI=1S/C18H13F2I3O9S/c19-18(20,33(27,28)29)4-30-16(25)10-6-3-7-11(10)17(26)32-14(7)13(6)31-15(24)8-1-5(21)2-9(22)12(8)23/h1-2,6-7,10-11,13-14H,3-4H2,(H,27,28,29). The molecular weight excluding hydrogens is 811 g/mol. The number of halogens is 5. The Morgan fingerprint density at radius 2 is 1.88 bits per heavy atom. The van der Waals surface area contributed by atoms with Crippen molar-refractivity contribution in [3.63, 3.8) is 0 Å². The highest BCUT2D eigenvalue weighted by atomic mass is 127. The third-order valence-electron chi connectivity index (χ3n) is 6.03. The van der Waals surface area contributed by atoms with Gasteiger partial charge in [-0.1, -0.05) is 0 Å². The third-order valence-corrected chi connectivity index (χ3v) is 10.6. The van der Waals surface area contributed by atoms with Crippen LogP contribution in [0, 0.1) is 34.4 Å². The van der Waals surface area contributed by atoms with Gasteiger partial charge < -0.3 is 14.2 Å². The maximum atomic E-state index is 13.5. The second kappa shape index (κ2) is 8.91. The summed E-state index contributed by atoms with van der Waals surface area (Å²) in [5, 5.41) is -4.71. The van der Waals surface area contributed by atoms with Crippen LogP contribution in [0.2, 0.25) is 0 Å². The van der Waals surface area contributed by atoms with E-state index in [1.165, 1.54) is 0 Å². The van der Waals surface area contributed by atoms with Crippen LogP contribution in [-0.4, -0.2) is 54.9 Å². The molecule has 1 heterocycles. The zero-order valence-electron chi connectivity index (χ0n) is 16.0. The largest absolute Gasteiger partial charge is 0.458 e. The predicted molar refractivity (Wildman–Crippen MR) is 130 cm³/mol. The number of esters is 3. The van der Waals surface area contributed by atoms with Gasteiger partial charge in [0.15, 0.2) is 6.61 Å². The Hall–Kier alpha value is -0.410. The summed E-state index contributed by atoms with van der Waals surface area (Å²) in [6.45, 7) is -1.91. The number of carbonyl (C=O) groups is 3. The van der Waals surface area contributed by atoms with E-state index in [4.69, 9.17) is 14.0 Å². The number of ether oxygens (including phenoxy) is 3. The summed E-state index contributed by atoms with van der Waals surface area (Å²) in [4.78, 5) is 37.9. The summed E-state index contributed by atoms with van der Waals surface area (Å²) in [5.74, 6) is -6.05. The number of alkyl halides is 2. The lowest BCUT2D eigenvalue weighted by Crippen LogP contribution is -2.45. The van der Waals surface area contributed by atoms with Crippen molar-refractivity contribution in [1.82, 2.24) is 0 Å². The molecule has 0 amide bonds. The number of fused-ring (bicyclic) bond motifs is 1. The van der Waals surface area contributed by atoms with E-state index >= 15 is 0 Å². The summed E-state index contributed by atoms with van der Waals surface area (Å²) in [7, 11) is -5.80. The molecule has 3 aliphatic rings. The molecule has 1 aliphatic heterocycles. The lowest BCUT2D eigenvalue weighted by atomic mass is 9.78. The first-order chi connectivity index (χ1) is 15.2. The van der Waals surface area contributed by atoms with Crippen LogP contribution >= 0.6 is 67.8 Å². The number of hydrogen-bond acceptors (Lipinski definition) is 8. The van der Waals surface area contributed by atoms with Gasteiger partial charge >= 0.3 is 33.3 Å². The van der Waals surface area contributed by atoms with Crippen molar-refractivity contribution >= 4 is 95.8 Å². The van der Waals surface area contributed by atoms with Crippen LogP contribution in [-0.2, 0) is 33.9 Å². The van der Waals surface area contributed by atoms with Crippen molar-refractivity contribution in [2.75, 3.05) is 6.61 Å². The molecule has 2 aliphatic carbocycles. The number of hydrogen-bond donors (Lipinski definition) is 1. The second-order valence-corrected chi connectivity index (χ2v) is 12.9. The molecule has 180 valence electrons. The minimum Gasteiger partial charge on any atom is -0.458 e. The normalized spacial score (nSPS) is 30.3. The van der Waals surface area contributed by atoms with Crippen LogP contribution in [0.25, 0.3) is 0 Å². The van der Waals surface area contributed by atoms with Crippen molar-refractivity contribution in [1.29, 1.82) is 0 Å². The second-order valence-electron chi connectivity index (χ2n) is 7.86. The van der Waals surface area contributed by atoms with E-state index in [0.29, 0.717) is 9.13 Å². The van der Waals surface area contributed by atoms with E-state index in [0.717, 1.165) is 7.14 Å². The highest BCUT2D eigenvalue weighted by Gasteiger charge is 2.70. The Kier molecular flexibility index (Phi) is 6.93. The molecular formula is C18H13F2I3O9S. The molecule has 3 fully saturated rings. The molecule has 6 unspecified atom stereocenters. The summed E-state index contributed by atoms with van der Waals surface area (Å²) in [6.07, 6.45) is -1.48. The van der Waals surface area contributed by atoms with Crippen molar-refractivity contribution in [3.8, 4) is 0 Å². The molecule has 2 bridgehead atoms. The molecule has 1 aromatic carbocycles. The molecule has 2 saturated carbocycles. The Morgan fingerprint density at radius 3 is 2.52 bits per heavy atom. The predicted octanol–water partition coefficient (Wildman–Crippen LogP) is 2.86. The maximum absolute atomic E-state index is 13.5. The fourth-order valence-corrected chi connectivity index (χ4v) is 7.27. The Morgan fingerprint density at radius 1 is 1.21 bits per heavy atom. The fraction of sp³-hybridized carbons (Fsp3) is 0.500. The van der Waals surface area contributed by atoms with Crippen LogP contribution in [0.4, 0.5) is 8.78 Å². The summed E-state index contributed by atoms with van der Waals surface area (Å²) < 4.78 is 74.8. The molecule has 33 heavy (non-hydrogen) atoms. The number of carbonyl (C=O) groups excluding carboxylic acids is 3. The number of rotatable bonds is 6. The SMILES string of the molecule is O=C(OC1C2CC3C1OC(=O)C3C2C(=O)OCC(F)(F)S(=O)(=O)O)c1cc(I)cc(I)c1I. The average molecular weight is 824 g/mol. The van der Waals surface area contributed by atoms with Crippen LogP contribution in [0.3, 0.4) is 0 Å². The monoisotopic (exact) mass is 824 g/mol. The van der Waals surface area contributed by atoms with Crippen LogP contribution in [0.5, 0.6) is 0 Å². The lowest BCUT2D eigenvalue weighted by molar-refractivity contribution is -0.161. The smallest absolute Gasteiger partial charge is 0.402 e. The van der Waals surface area contributed by atoms with Gasteiger partial charge in [0.25, 0.3) is 0 Å². The Bertz CT molecular complexity index is 1160. The highest BCUT2D eigenvalue weighted by molar-refractivity contribution is 14.1. The highest BCUT2D eigenvalue weighted by Crippen LogP contribution is 2.59. The first kappa shape index (κ1) is 25.7. The minimum atomic E-state index is -5.80. The third kappa shape index (κ3) is 4.48. The summed E-state index contributed by atoms with van der Waals surface area (Å²) >= 11 is 6.12. The van der Waals surface area contributed by atoms with Gasteiger partial charge in [0.2, 0.25) is 0 Å². The first-order valence-electron chi connectivity index (χ1n) is 9.30. The van der Waals surface area contributed by atoms with Crippen molar-refractivity contribution in [2.45, 2.75) is 23.9 Å². The average Bonchev–Trinajstić information content (AvgIpc) is 3.31. The first-order valence-corrected chi connectivity index (χ1v) is 14.0. The van der Waals surface area contributed by atoms with Gasteiger partial charge in [-0.3, -0.25) is 14.1 Å². The number of benzene rings is 1. The zero-order chi connectivity index (χ0) is 24.5. The van der Waals surface area contributed by atoms with Gasteiger partial charge in [-0.25, -0.2) is 4.79 Å². The van der Waals surface area contributed by atoms with Gasteiger partial charge in [0.1, 0.15) is 12.2 Å². The lowest BCUT2D eigenvalue weighted by Gasteiger charge is -2.30. The van der Waals surface area contributed by atoms with Gasteiger partial charge in [-0.05, 0) is 86.3 Å². The molecule has 6 atom stereocenters. The summed E-state index contributed by atoms with van der Waals surface area (Å²) in [6, 6.07) is 3.50. The zero-order valence-corrected chi connectivity index (χ0v) is 23.3. The molecule has 1 aromatic rings. The molecule has 0 spiro atoms. The van der Waals surface area contributed by atoms with E-state index in [2.05, 4.69) is 27.3 Å². The van der Waals surface area contributed by atoms with Crippen LogP contribution < -0.4 is 0 Å². The van der Waals surface area contributed by atoms with E-state index < -0.39 is 75.8 Å². The Labute approximate surface area is 226 Å². The quantitative estimate of drug-likeness (QED) is 0.151. The van der Waals surface area contributed by atoms with Crippen LogP contribution in [0.1, 0.15) is 16.8 Å². The van der Waals surface area contributed by atoms with E-state index in [-0.39, 0.29) is 6.42 Å². The fourth-order valence-electron chi connectivity index (χ4n) is 4.69. The van der Waals surface area contributed by atoms with Gasteiger partial charge in [-0.2, -0.15) is 17.2 Å². The topological polar surface area (TPSA) is 133 Å². The molecule has 0 radical (unpaired) electrons. The van der Waals surface area contributed by atoms with Gasteiger partial charge in [0, 0.05) is 22.5 Å². The molecule has 0 aromatic heterocycles. The van der Waals surface area contributed by atoms with E-state index in [9.17, 15) is 31.6 Å². The van der Waals surface area contributed by atoms with E-state index in [1.54, 1.807) is 6.07 Å². The summed E-state index contributed by atoms with van der Waals surface area (Å²) in [5.41, 5.74) is 0.294. The van der Waals surface area contributed by atoms with Crippen molar-refractivity contribution in [2.24, 2.45) is 23.7 Å². The Balaban J connectivity index is 1.55. The molecule has 15 heteroatoms. The molecule has 1 saturated heterocycles. The van der Waals surface area contributed by atoms with E-state index in [1.807, 2.05) is 51.2 Å². The van der Waals surface area contributed by atoms with Gasteiger partial charge in [0.05, 0.1) is 17.4 Å².